The minimum atomic E-state index is 0.00743. The van der Waals surface area contributed by atoms with E-state index in [9.17, 15) is 0 Å². The molecule has 0 saturated carbocycles. The van der Waals surface area contributed by atoms with Crippen LogP contribution in [0.1, 0.15) is 23.7 Å². The van der Waals surface area contributed by atoms with E-state index in [1.54, 1.807) is 25.5 Å². The predicted molar refractivity (Wildman–Crippen MR) is 108 cm³/mol. The summed E-state index contributed by atoms with van der Waals surface area (Å²) in [6, 6.07) is 7.58. The number of aryl methyl sites for hydroxylation is 1. The van der Waals surface area contributed by atoms with Crippen LogP contribution in [0, 0.1) is 0 Å². The molecular weight excluding hydrogens is 348 g/mol. The zero-order valence-corrected chi connectivity index (χ0v) is 16.7. The summed E-state index contributed by atoms with van der Waals surface area (Å²) in [5.41, 5.74) is 0. The number of hydrogen-bond acceptors (Lipinski definition) is 5. The van der Waals surface area contributed by atoms with Crippen molar-refractivity contribution in [2.75, 3.05) is 27.2 Å². The van der Waals surface area contributed by atoms with Crippen molar-refractivity contribution in [2.45, 2.75) is 32.8 Å². The lowest BCUT2D eigenvalue weighted by molar-refractivity contribution is 0.223. The van der Waals surface area contributed by atoms with Gasteiger partial charge in [-0.15, -0.1) is 11.3 Å². The first-order chi connectivity index (χ1) is 12.6. The summed E-state index contributed by atoms with van der Waals surface area (Å²) in [5, 5.41) is 7.75. The van der Waals surface area contributed by atoms with Gasteiger partial charge in [-0.1, -0.05) is 6.92 Å². The van der Waals surface area contributed by atoms with Crippen molar-refractivity contribution in [1.29, 1.82) is 0 Å². The van der Waals surface area contributed by atoms with Gasteiger partial charge in [-0.25, -0.2) is 4.98 Å². The normalized spacial score (nSPS) is 12.5. The lowest BCUT2D eigenvalue weighted by atomic mass is 10.3. The van der Waals surface area contributed by atoms with Gasteiger partial charge in [0.05, 0.1) is 18.7 Å². The minimum absolute atomic E-state index is 0.00743. The van der Waals surface area contributed by atoms with E-state index >= 15 is 0 Å². The van der Waals surface area contributed by atoms with Crippen LogP contribution in [-0.4, -0.2) is 44.3 Å². The van der Waals surface area contributed by atoms with Crippen LogP contribution in [0.2, 0.25) is 0 Å². The maximum Gasteiger partial charge on any atom is 0.191 e. The van der Waals surface area contributed by atoms with Crippen molar-refractivity contribution < 1.29 is 9.47 Å². The molecule has 0 amide bonds. The van der Waals surface area contributed by atoms with Crippen molar-refractivity contribution >= 4 is 17.3 Å². The highest BCUT2D eigenvalue weighted by Crippen LogP contribution is 2.18. The number of guanidine groups is 1. The molecule has 2 N–H and O–H groups in total. The first kappa shape index (κ1) is 20.0. The number of thiazole rings is 1. The molecule has 0 aliphatic rings. The van der Waals surface area contributed by atoms with Crippen LogP contribution in [-0.2, 0) is 12.8 Å². The highest BCUT2D eigenvalue weighted by molar-refractivity contribution is 7.11. The number of nitrogens with zero attached hydrogens (tertiary/aromatic N) is 2. The molecule has 1 atom stereocenters. The molecule has 0 bridgehead atoms. The molecule has 2 rings (SSSR count). The van der Waals surface area contributed by atoms with E-state index in [1.807, 2.05) is 37.4 Å². The maximum absolute atomic E-state index is 5.89. The summed E-state index contributed by atoms with van der Waals surface area (Å²) in [4.78, 5) is 10.0. The van der Waals surface area contributed by atoms with Gasteiger partial charge in [0, 0.05) is 31.1 Å². The monoisotopic (exact) mass is 376 g/mol. The predicted octanol–water partition coefficient (Wildman–Crippen LogP) is 2.89. The molecule has 7 heteroatoms. The van der Waals surface area contributed by atoms with E-state index in [-0.39, 0.29) is 6.10 Å². The first-order valence-electron chi connectivity index (χ1n) is 8.83. The molecule has 6 nitrogen and oxygen atoms in total. The lowest BCUT2D eigenvalue weighted by Crippen LogP contribution is -2.42. The fraction of sp³-hybridized carbons (Fsp3) is 0.474. The van der Waals surface area contributed by atoms with E-state index in [0.717, 1.165) is 41.9 Å². The molecule has 0 radical (unpaired) electrons. The molecule has 2 aromatic rings. The van der Waals surface area contributed by atoms with Crippen LogP contribution in [0.15, 0.2) is 35.5 Å². The van der Waals surface area contributed by atoms with Crippen LogP contribution < -0.4 is 20.1 Å². The number of rotatable bonds is 9. The number of benzene rings is 1. The van der Waals surface area contributed by atoms with Crippen LogP contribution >= 0.6 is 11.3 Å². The van der Waals surface area contributed by atoms with Crippen molar-refractivity contribution in [2.24, 2.45) is 4.99 Å². The minimum Gasteiger partial charge on any atom is -0.497 e. The highest BCUT2D eigenvalue weighted by Gasteiger charge is 2.07. The third-order valence-electron chi connectivity index (χ3n) is 3.76. The Balaban J connectivity index is 1.69. The van der Waals surface area contributed by atoms with Crippen molar-refractivity contribution in [3.8, 4) is 11.5 Å². The molecule has 0 aliphatic carbocycles. The molecule has 0 spiro atoms. The fourth-order valence-corrected chi connectivity index (χ4v) is 3.17. The van der Waals surface area contributed by atoms with Crippen LogP contribution in [0.3, 0.4) is 0 Å². The van der Waals surface area contributed by atoms with Crippen molar-refractivity contribution in [3.05, 3.63) is 40.3 Å². The Hall–Kier alpha value is -2.28. The highest BCUT2D eigenvalue weighted by atomic mass is 32.1. The van der Waals surface area contributed by atoms with Gasteiger partial charge < -0.3 is 20.1 Å². The van der Waals surface area contributed by atoms with Crippen LogP contribution in [0.5, 0.6) is 11.5 Å². The Morgan fingerprint density at radius 3 is 2.58 bits per heavy atom. The number of aromatic nitrogens is 1. The molecule has 1 unspecified atom stereocenters. The molecule has 1 aromatic carbocycles. The number of ether oxygens (including phenoxy) is 2. The van der Waals surface area contributed by atoms with Crippen LogP contribution in [0.4, 0.5) is 0 Å². The molecule has 1 heterocycles. The van der Waals surface area contributed by atoms with Gasteiger partial charge in [0.1, 0.15) is 17.6 Å². The summed E-state index contributed by atoms with van der Waals surface area (Å²) in [6.07, 6.45) is 3.91. The Morgan fingerprint density at radius 1 is 1.23 bits per heavy atom. The average Bonchev–Trinajstić information content (AvgIpc) is 3.13. The first-order valence-corrected chi connectivity index (χ1v) is 9.65. The third-order valence-corrected chi connectivity index (χ3v) is 4.96. The van der Waals surface area contributed by atoms with Gasteiger partial charge >= 0.3 is 0 Å². The number of hydrogen-bond donors (Lipinski definition) is 2. The summed E-state index contributed by atoms with van der Waals surface area (Å²) in [7, 11) is 3.42. The Bertz CT molecular complexity index is 685. The summed E-state index contributed by atoms with van der Waals surface area (Å²) in [6.45, 7) is 5.62. The topological polar surface area (TPSA) is 67.8 Å². The average molecular weight is 377 g/mol. The summed E-state index contributed by atoms with van der Waals surface area (Å²) < 4.78 is 11.0. The standard InChI is InChI=1S/C19H28N4O2S/c1-5-17-13-22-18(26-17)10-11-21-19(20-3)23-12-14(2)25-16-8-6-15(24-4)7-9-16/h6-9,13-14H,5,10-12H2,1-4H3,(H2,20,21,23). The maximum atomic E-state index is 5.89. The summed E-state index contributed by atoms with van der Waals surface area (Å²) in [5.74, 6) is 2.40. The van der Waals surface area contributed by atoms with E-state index < -0.39 is 0 Å². The number of aliphatic imine (C=N–C) groups is 1. The Morgan fingerprint density at radius 2 is 1.96 bits per heavy atom. The van der Waals surface area contributed by atoms with Crippen molar-refractivity contribution in [3.63, 3.8) is 0 Å². The SMILES string of the molecule is CCc1cnc(CCNC(=NC)NCC(C)Oc2ccc(OC)cc2)s1. The number of methoxy groups -OCH3 is 1. The van der Waals surface area contributed by atoms with E-state index in [2.05, 4.69) is 27.5 Å². The lowest BCUT2D eigenvalue weighted by Gasteiger charge is -2.17. The van der Waals surface area contributed by atoms with Crippen LogP contribution in [0.25, 0.3) is 0 Å². The van der Waals surface area contributed by atoms with E-state index in [1.165, 1.54) is 4.88 Å². The second kappa shape index (κ2) is 10.7. The molecule has 26 heavy (non-hydrogen) atoms. The molecule has 0 saturated heterocycles. The van der Waals surface area contributed by atoms with Gasteiger partial charge in [-0.05, 0) is 37.6 Å². The van der Waals surface area contributed by atoms with E-state index in [0.29, 0.717) is 6.54 Å². The second-order valence-corrected chi connectivity index (χ2v) is 7.01. The molecule has 0 aliphatic heterocycles. The van der Waals surface area contributed by atoms with Gasteiger partial charge in [0.25, 0.3) is 0 Å². The zero-order chi connectivity index (χ0) is 18.8. The molecular formula is C19H28N4O2S. The van der Waals surface area contributed by atoms with Gasteiger partial charge in [-0.3, -0.25) is 4.99 Å². The van der Waals surface area contributed by atoms with Gasteiger partial charge in [0.2, 0.25) is 0 Å². The third kappa shape index (κ3) is 6.55. The number of nitrogens with one attached hydrogen (secondary N) is 2. The molecule has 142 valence electrons. The quantitative estimate of drug-likeness (QED) is 0.520. The zero-order valence-electron chi connectivity index (χ0n) is 15.9. The van der Waals surface area contributed by atoms with E-state index in [4.69, 9.17) is 9.47 Å². The molecule has 1 aromatic heterocycles. The Kier molecular flexibility index (Phi) is 8.21. The second-order valence-electron chi connectivity index (χ2n) is 5.81. The van der Waals surface area contributed by atoms with Gasteiger partial charge in [-0.2, -0.15) is 0 Å². The Labute approximate surface area is 159 Å². The fourth-order valence-electron chi connectivity index (χ4n) is 2.30. The smallest absolute Gasteiger partial charge is 0.191 e. The van der Waals surface area contributed by atoms with Crippen molar-refractivity contribution in [1.82, 2.24) is 15.6 Å². The molecule has 0 fully saturated rings. The van der Waals surface area contributed by atoms with Gasteiger partial charge in [0.15, 0.2) is 5.96 Å². The largest absolute Gasteiger partial charge is 0.497 e. The summed E-state index contributed by atoms with van der Waals surface area (Å²) >= 11 is 1.77.